The minimum Gasteiger partial charge on any atom is -0.493 e. The normalized spacial score (nSPS) is 18.1. The molecule has 1 spiro atoms. The molecule has 2 aliphatic heterocycles. The topological polar surface area (TPSA) is 114 Å². The Morgan fingerprint density at radius 3 is 2.38 bits per heavy atom. The van der Waals surface area contributed by atoms with Crippen LogP contribution in [0.2, 0.25) is 0 Å². The molecule has 0 radical (unpaired) electrons. The first-order valence-corrected chi connectivity index (χ1v) is 18.0. The van der Waals surface area contributed by atoms with Gasteiger partial charge in [-0.1, -0.05) is 60.6 Å². The Morgan fingerprint density at radius 2 is 1.74 bits per heavy atom. The number of carbonyl (C=O) groups is 2. The van der Waals surface area contributed by atoms with Gasteiger partial charge in [0.25, 0.3) is 5.72 Å². The minimum atomic E-state index is -1.68. The summed E-state index contributed by atoms with van der Waals surface area (Å²) in [5.41, 5.74) is 3.82. The smallest absolute Gasteiger partial charge is 0.418 e. The molecule has 5 rings (SSSR count). The summed E-state index contributed by atoms with van der Waals surface area (Å²) in [6.45, 7) is 25.9. The lowest BCUT2D eigenvalue weighted by Crippen LogP contribution is -2.65. The van der Waals surface area contributed by atoms with Crippen molar-refractivity contribution in [3.63, 3.8) is 0 Å². The summed E-state index contributed by atoms with van der Waals surface area (Å²) in [7, 11) is 0. The van der Waals surface area contributed by atoms with Gasteiger partial charge in [0.15, 0.2) is 5.82 Å². The number of fused-ring (bicyclic) bond motifs is 2. The van der Waals surface area contributed by atoms with E-state index in [2.05, 4.69) is 95.8 Å². The number of aryl methyl sites for hydroxylation is 2. The van der Waals surface area contributed by atoms with Crippen LogP contribution in [0.5, 0.6) is 5.75 Å². The van der Waals surface area contributed by atoms with Gasteiger partial charge in [-0.25, -0.2) is 24.8 Å². The average Bonchev–Trinajstić information content (AvgIpc) is 3.56. The first kappa shape index (κ1) is 36.9. The van der Waals surface area contributed by atoms with E-state index in [1.807, 2.05) is 25.1 Å². The molecule has 11 nitrogen and oxygen atoms in total. The Bertz CT molecular complexity index is 1770. The van der Waals surface area contributed by atoms with Crippen molar-refractivity contribution >= 4 is 29.2 Å². The Balaban J connectivity index is 1.46. The largest absolute Gasteiger partial charge is 0.493 e. The summed E-state index contributed by atoms with van der Waals surface area (Å²) in [4.78, 5) is 36.5. The highest BCUT2D eigenvalue weighted by Gasteiger charge is 2.59. The zero-order valence-electron chi connectivity index (χ0n) is 31.8. The number of amides is 3. The molecule has 3 aromatic rings. The maximum atomic E-state index is 13.7. The number of rotatable bonds is 13. The number of nitrogens with zero attached hydrogens (tertiary/aromatic N) is 6. The van der Waals surface area contributed by atoms with Crippen molar-refractivity contribution in [2.75, 3.05) is 29.5 Å². The van der Waals surface area contributed by atoms with Crippen LogP contribution in [0.15, 0.2) is 41.5 Å². The molecule has 0 bridgehead atoms. The van der Waals surface area contributed by atoms with Crippen LogP contribution >= 0.6 is 0 Å². The van der Waals surface area contributed by atoms with E-state index in [1.54, 1.807) is 6.92 Å². The molecule has 3 amide bonds. The van der Waals surface area contributed by atoms with Gasteiger partial charge in [0.2, 0.25) is 5.82 Å². The minimum absolute atomic E-state index is 0.00201. The zero-order chi connectivity index (χ0) is 36.6. The highest BCUT2D eigenvalue weighted by Crippen LogP contribution is 2.43. The highest BCUT2D eigenvalue weighted by molar-refractivity contribution is 6.12. The van der Waals surface area contributed by atoms with Crippen molar-refractivity contribution < 1.29 is 19.1 Å². The number of nitrogens with one attached hydrogen (secondary N) is 1. The fourth-order valence-corrected chi connectivity index (χ4v) is 7.49. The number of benzene rings is 2. The third-order valence-corrected chi connectivity index (χ3v) is 9.73. The van der Waals surface area contributed by atoms with Crippen LogP contribution in [0.1, 0.15) is 123 Å². The molecule has 1 aromatic heterocycles. The number of urea groups is 1. The quantitative estimate of drug-likeness (QED) is 0.192. The molecule has 1 saturated heterocycles. The second kappa shape index (κ2) is 14.1. The van der Waals surface area contributed by atoms with Crippen LogP contribution in [0, 0.1) is 12.3 Å². The van der Waals surface area contributed by atoms with Crippen LogP contribution < -0.4 is 19.9 Å². The molecule has 270 valence electrons. The Hall–Kier alpha value is -4.41. The van der Waals surface area contributed by atoms with Crippen molar-refractivity contribution in [1.29, 1.82) is 0 Å². The fourth-order valence-electron chi connectivity index (χ4n) is 7.49. The van der Waals surface area contributed by atoms with E-state index in [1.165, 1.54) is 15.3 Å². The molecule has 11 heteroatoms. The number of alkyl carbamates (subject to hydrolysis) is 1. The third kappa shape index (κ3) is 7.09. The lowest BCUT2D eigenvalue weighted by Gasteiger charge is -2.42. The van der Waals surface area contributed by atoms with Gasteiger partial charge in [-0.15, -0.1) is 9.89 Å². The number of carbonyl (C=O) groups excluding carboxylic acids is 2. The molecular weight excluding hydrogens is 630 g/mol. The van der Waals surface area contributed by atoms with Crippen molar-refractivity contribution in [2.45, 2.75) is 119 Å². The van der Waals surface area contributed by atoms with Gasteiger partial charge >= 0.3 is 12.1 Å². The monoisotopic (exact) mass is 685 g/mol. The van der Waals surface area contributed by atoms with Gasteiger partial charge in [0, 0.05) is 24.7 Å². The Labute approximate surface area is 297 Å². The van der Waals surface area contributed by atoms with Crippen molar-refractivity contribution in [3.8, 4) is 5.75 Å². The van der Waals surface area contributed by atoms with Crippen LogP contribution in [-0.2, 0) is 22.3 Å². The standard InChI is InChI=1S/C39H55N7O4/c1-12-21-49-32-20-17-29(38(10,11)24-37(7,8)9)23-28(32)16-15-25(4)33-40-34-39(27(6)42-46(34)43-33)45(35(47)41-36(48)50-39)31-19-18-30(22-26(31)5)44(13-2)14-3/h17-20,22-23,25H,12-16,21,24H2,1-11H3,(H,41,47,48). The summed E-state index contributed by atoms with van der Waals surface area (Å²) >= 11 is 0. The first-order valence-electron chi connectivity index (χ1n) is 18.0. The number of hydrogen-bond acceptors (Lipinski definition) is 8. The fraction of sp³-hybridized carbons (Fsp3) is 0.564. The average molecular weight is 686 g/mol. The van der Waals surface area contributed by atoms with Gasteiger partial charge in [0.1, 0.15) is 11.5 Å². The van der Waals surface area contributed by atoms with Crippen LogP contribution in [-0.4, -0.2) is 52.4 Å². The number of anilines is 2. The molecule has 0 saturated carbocycles. The molecule has 1 fully saturated rings. The van der Waals surface area contributed by atoms with Gasteiger partial charge in [-0.3, -0.25) is 0 Å². The number of hydrogen-bond donors (Lipinski definition) is 1. The molecule has 2 atom stereocenters. The summed E-state index contributed by atoms with van der Waals surface area (Å²) < 4.78 is 12.2. The highest BCUT2D eigenvalue weighted by atomic mass is 16.6. The van der Waals surface area contributed by atoms with Crippen molar-refractivity contribution in [2.24, 2.45) is 10.5 Å². The molecule has 3 heterocycles. The first-order chi connectivity index (χ1) is 23.5. The van der Waals surface area contributed by atoms with Gasteiger partial charge < -0.3 is 14.4 Å². The van der Waals surface area contributed by atoms with Gasteiger partial charge in [0.05, 0.1) is 12.3 Å². The van der Waals surface area contributed by atoms with Crippen LogP contribution in [0.4, 0.5) is 21.0 Å². The van der Waals surface area contributed by atoms with Crippen LogP contribution in [0.3, 0.4) is 0 Å². The molecule has 2 unspecified atom stereocenters. The summed E-state index contributed by atoms with van der Waals surface area (Å²) in [5.74, 6) is 1.67. The molecule has 2 aliphatic rings. The maximum Gasteiger partial charge on any atom is 0.418 e. The summed E-state index contributed by atoms with van der Waals surface area (Å²) in [5, 5.41) is 11.7. The predicted molar refractivity (Wildman–Crippen MR) is 199 cm³/mol. The Kier molecular flexibility index (Phi) is 10.4. The van der Waals surface area contributed by atoms with E-state index >= 15 is 0 Å². The molecule has 1 N–H and O–H groups in total. The third-order valence-electron chi connectivity index (χ3n) is 9.73. The number of ether oxygens (including phenoxy) is 2. The lowest BCUT2D eigenvalue weighted by atomic mass is 9.72. The maximum absolute atomic E-state index is 13.7. The summed E-state index contributed by atoms with van der Waals surface area (Å²) in [6, 6.07) is 11.9. The molecule has 2 aromatic carbocycles. The Morgan fingerprint density at radius 1 is 1.02 bits per heavy atom. The van der Waals surface area contributed by atoms with E-state index in [4.69, 9.17) is 19.6 Å². The van der Waals surface area contributed by atoms with Crippen molar-refractivity contribution in [1.82, 2.24) is 20.2 Å². The van der Waals surface area contributed by atoms with Gasteiger partial charge in [-0.05, 0) is 105 Å². The second-order valence-electron chi connectivity index (χ2n) is 15.5. The van der Waals surface area contributed by atoms with E-state index < -0.39 is 17.8 Å². The van der Waals surface area contributed by atoms with E-state index in [0.29, 0.717) is 23.8 Å². The molecular formula is C39H55N7O4. The molecule has 0 aliphatic carbocycles. The van der Waals surface area contributed by atoms with Crippen molar-refractivity contribution in [3.05, 3.63) is 64.7 Å². The molecule has 50 heavy (non-hydrogen) atoms. The van der Waals surface area contributed by atoms with Crippen LogP contribution in [0.25, 0.3) is 0 Å². The number of aromatic nitrogens is 3. The number of imide groups is 1. The summed E-state index contributed by atoms with van der Waals surface area (Å²) in [6.07, 6.45) is 2.63. The zero-order valence-corrected chi connectivity index (χ0v) is 31.8. The second-order valence-corrected chi connectivity index (χ2v) is 15.5. The van der Waals surface area contributed by atoms with E-state index in [0.717, 1.165) is 61.3 Å². The lowest BCUT2D eigenvalue weighted by molar-refractivity contribution is 0.0453. The van der Waals surface area contributed by atoms with Gasteiger partial charge in [-0.2, -0.15) is 5.10 Å². The van der Waals surface area contributed by atoms with E-state index in [9.17, 15) is 9.59 Å². The SMILES string of the molecule is CCCOc1ccc(C(C)(C)CC(C)(C)C)cc1CCC(C)c1nc2n(n1)N=C(C)C21OC(=O)NC(=O)N1c1ccc(N(CC)CC)cc1C. The predicted octanol–water partition coefficient (Wildman–Crippen LogP) is 8.43. The van der Waals surface area contributed by atoms with E-state index in [-0.39, 0.29) is 22.6 Å².